The Balaban J connectivity index is 2.20. The monoisotopic (exact) mass is 398 g/mol. The van der Waals surface area contributed by atoms with Crippen LogP contribution < -0.4 is 10.1 Å². The van der Waals surface area contributed by atoms with Crippen molar-refractivity contribution in [3.8, 4) is 11.8 Å². The lowest BCUT2D eigenvalue weighted by molar-refractivity contribution is 0.415. The number of rotatable bonds is 4. The second-order valence-corrected chi connectivity index (χ2v) is 7.20. The number of nitrogens with one attached hydrogen (secondary N) is 1. The molecule has 0 fully saturated rings. The Kier molecular flexibility index (Phi) is 5.79. The fourth-order valence-electron chi connectivity index (χ4n) is 3.49. The first-order chi connectivity index (χ1) is 13.0. The molecule has 1 aliphatic heterocycles. The third kappa shape index (κ3) is 3.69. The fraction of sp³-hybridized carbons (Fsp3) is 0.227. The molecule has 138 valence electrons. The minimum atomic E-state index is -0.205. The van der Waals surface area contributed by atoms with Gasteiger partial charge in [-0.05, 0) is 66.4 Å². The molecular weight excluding hydrogens is 379 g/mol. The van der Waals surface area contributed by atoms with E-state index >= 15 is 0 Å². The first-order valence-corrected chi connectivity index (χ1v) is 9.46. The van der Waals surface area contributed by atoms with Crippen molar-refractivity contribution in [1.82, 2.24) is 5.32 Å². The van der Waals surface area contributed by atoms with Gasteiger partial charge in [0.05, 0.1) is 18.8 Å². The maximum atomic E-state index is 9.82. The summed E-state index contributed by atoms with van der Waals surface area (Å²) in [4.78, 5) is 0. The van der Waals surface area contributed by atoms with Crippen molar-refractivity contribution in [2.75, 3.05) is 7.11 Å². The summed E-state index contributed by atoms with van der Waals surface area (Å²) in [6.45, 7) is 4.01. The van der Waals surface area contributed by atoms with E-state index in [1.807, 2.05) is 43.3 Å². The highest BCUT2D eigenvalue weighted by Crippen LogP contribution is 2.44. The molecule has 2 aromatic rings. The van der Waals surface area contributed by atoms with Crippen LogP contribution in [0.1, 0.15) is 37.3 Å². The highest BCUT2D eigenvalue weighted by atomic mass is 35.5. The molecule has 0 aliphatic carbocycles. The van der Waals surface area contributed by atoms with E-state index < -0.39 is 0 Å². The van der Waals surface area contributed by atoms with Crippen molar-refractivity contribution in [3.63, 3.8) is 0 Å². The van der Waals surface area contributed by atoms with Gasteiger partial charge in [0.2, 0.25) is 0 Å². The van der Waals surface area contributed by atoms with Crippen molar-refractivity contribution in [2.45, 2.75) is 26.2 Å². The van der Waals surface area contributed by atoms with Gasteiger partial charge in [-0.15, -0.1) is 0 Å². The van der Waals surface area contributed by atoms with Crippen LogP contribution in [-0.4, -0.2) is 7.11 Å². The van der Waals surface area contributed by atoms with E-state index in [4.69, 9.17) is 27.9 Å². The van der Waals surface area contributed by atoms with Gasteiger partial charge >= 0.3 is 0 Å². The molecule has 0 bridgehead atoms. The van der Waals surface area contributed by atoms with Crippen LogP contribution in [0.4, 0.5) is 0 Å². The maximum absolute atomic E-state index is 9.82. The van der Waals surface area contributed by atoms with Crippen molar-refractivity contribution in [2.24, 2.45) is 0 Å². The normalized spacial score (nSPS) is 16.8. The third-order valence-electron chi connectivity index (χ3n) is 4.83. The van der Waals surface area contributed by atoms with Crippen LogP contribution in [0, 0.1) is 11.3 Å². The highest BCUT2D eigenvalue weighted by Gasteiger charge is 2.31. The Bertz CT molecular complexity index is 969. The summed E-state index contributed by atoms with van der Waals surface area (Å²) in [5.74, 6) is 0.596. The number of nitriles is 1. The molecule has 0 spiro atoms. The number of dihydropyridines is 1. The van der Waals surface area contributed by atoms with E-state index in [1.165, 1.54) is 0 Å². The van der Waals surface area contributed by atoms with Crippen molar-refractivity contribution < 1.29 is 4.74 Å². The summed E-state index contributed by atoms with van der Waals surface area (Å²) in [5, 5.41) is 14.4. The number of hydrogen-bond donors (Lipinski definition) is 1. The molecule has 27 heavy (non-hydrogen) atoms. The molecule has 0 aromatic heterocycles. The summed E-state index contributed by atoms with van der Waals surface area (Å²) >= 11 is 12.6. The predicted octanol–water partition coefficient (Wildman–Crippen LogP) is 6.31. The highest BCUT2D eigenvalue weighted by molar-refractivity contribution is 6.35. The second kappa shape index (κ2) is 8.08. The zero-order valence-electron chi connectivity index (χ0n) is 15.4. The standard InChI is InChI=1S/C22H20Cl2N2O/c1-4-17-21(18-10-7-15(23)11-20(18)24)19(12-25)13(2)26-22(17)14-5-8-16(27-3)9-6-14/h5-11,21,26H,4H2,1-3H3. The van der Waals surface area contributed by atoms with Gasteiger partial charge in [-0.2, -0.15) is 5.26 Å². The number of halogens is 2. The van der Waals surface area contributed by atoms with Gasteiger partial charge in [0.15, 0.2) is 0 Å². The Morgan fingerprint density at radius 3 is 2.41 bits per heavy atom. The summed E-state index contributed by atoms with van der Waals surface area (Å²) in [5.41, 5.74) is 5.56. The quantitative estimate of drug-likeness (QED) is 0.656. The van der Waals surface area contributed by atoms with Crippen LogP contribution in [0.2, 0.25) is 10.0 Å². The molecule has 3 nitrogen and oxygen atoms in total. The van der Waals surface area contributed by atoms with Gasteiger partial charge in [0, 0.05) is 27.4 Å². The first kappa shape index (κ1) is 19.4. The van der Waals surface area contributed by atoms with Crippen LogP contribution in [0.3, 0.4) is 0 Å². The molecule has 0 radical (unpaired) electrons. The molecule has 0 saturated carbocycles. The average Bonchev–Trinajstić information content (AvgIpc) is 2.67. The lowest BCUT2D eigenvalue weighted by Crippen LogP contribution is -2.24. The van der Waals surface area contributed by atoms with Gasteiger partial charge in [-0.25, -0.2) is 0 Å². The number of allylic oxidation sites excluding steroid dienone is 3. The topological polar surface area (TPSA) is 45.0 Å². The molecule has 2 aromatic carbocycles. The van der Waals surface area contributed by atoms with E-state index in [-0.39, 0.29) is 5.92 Å². The number of hydrogen-bond acceptors (Lipinski definition) is 3. The van der Waals surface area contributed by atoms with Crippen molar-refractivity contribution in [1.29, 1.82) is 5.26 Å². The Morgan fingerprint density at radius 2 is 1.85 bits per heavy atom. The molecular formula is C22H20Cl2N2O. The van der Waals surface area contributed by atoms with Crippen molar-refractivity contribution in [3.05, 3.63) is 80.5 Å². The second-order valence-electron chi connectivity index (χ2n) is 6.36. The average molecular weight is 399 g/mol. The third-order valence-corrected chi connectivity index (χ3v) is 5.39. The number of benzene rings is 2. The molecule has 1 unspecified atom stereocenters. The number of ether oxygens (including phenoxy) is 1. The van der Waals surface area contributed by atoms with Crippen LogP contribution in [-0.2, 0) is 0 Å². The molecule has 5 heteroatoms. The van der Waals surface area contributed by atoms with Crippen LogP contribution in [0.5, 0.6) is 5.75 Å². The molecule has 1 aliphatic rings. The summed E-state index contributed by atoms with van der Waals surface area (Å²) in [6, 6.07) is 15.7. The maximum Gasteiger partial charge on any atom is 0.118 e. The molecule has 1 atom stereocenters. The number of methoxy groups -OCH3 is 1. The van der Waals surface area contributed by atoms with E-state index in [2.05, 4.69) is 18.3 Å². The minimum absolute atomic E-state index is 0.205. The van der Waals surface area contributed by atoms with E-state index in [0.29, 0.717) is 15.6 Å². The molecule has 0 amide bonds. The fourth-order valence-corrected chi connectivity index (χ4v) is 4.01. The van der Waals surface area contributed by atoms with Gasteiger partial charge in [-0.3, -0.25) is 0 Å². The van der Waals surface area contributed by atoms with Gasteiger partial charge < -0.3 is 10.1 Å². The first-order valence-electron chi connectivity index (χ1n) is 8.70. The summed E-state index contributed by atoms with van der Waals surface area (Å²) in [6.07, 6.45) is 0.774. The Labute approximate surface area is 169 Å². The van der Waals surface area contributed by atoms with E-state index in [1.54, 1.807) is 13.2 Å². The molecule has 3 rings (SSSR count). The van der Waals surface area contributed by atoms with Crippen molar-refractivity contribution >= 4 is 28.9 Å². The molecule has 1 N–H and O–H groups in total. The summed E-state index contributed by atoms with van der Waals surface area (Å²) in [7, 11) is 1.65. The Hall–Kier alpha value is -2.41. The minimum Gasteiger partial charge on any atom is -0.497 e. The number of nitrogens with zero attached hydrogens (tertiary/aromatic N) is 1. The van der Waals surface area contributed by atoms with Gasteiger partial charge in [0.25, 0.3) is 0 Å². The van der Waals surface area contributed by atoms with Gasteiger partial charge in [0.1, 0.15) is 5.75 Å². The van der Waals surface area contributed by atoms with Crippen LogP contribution >= 0.6 is 23.2 Å². The van der Waals surface area contributed by atoms with E-state index in [9.17, 15) is 5.26 Å². The molecule has 1 heterocycles. The largest absolute Gasteiger partial charge is 0.497 e. The summed E-state index contributed by atoms with van der Waals surface area (Å²) < 4.78 is 5.26. The zero-order valence-corrected chi connectivity index (χ0v) is 16.9. The van der Waals surface area contributed by atoms with Crippen LogP contribution in [0.15, 0.2) is 59.3 Å². The lowest BCUT2D eigenvalue weighted by atomic mass is 9.79. The smallest absolute Gasteiger partial charge is 0.118 e. The lowest BCUT2D eigenvalue weighted by Gasteiger charge is -2.31. The zero-order chi connectivity index (χ0) is 19.6. The predicted molar refractivity (Wildman–Crippen MR) is 111 cm³/mol. The van der Waals surface area contributed by atoms with Crippen LogP contribution in [0.25, 0.3) is 5.70 Å². The van der Waals surface area contributed by atoms with E-state index in [0.717, 1.165) is 40.3 Å². The molecule has 0 saturated heterocycles. The van der Waals surface area contributed by atoms with Gasteiger partial charge in [-0.1, -0.05) is 36.2 Å². The Morgan fingerprint density at radius 1 is 1.15 bits per heavy atom. The SMILES string of the molecule is CCC1=C(c2ccc(OC)cc2)NC(C)=C(C#N)C1c1ccc(Cl)cc1Cl.